The summed E-state index contributed by atoms with van der Waals surface area (Å²) in [6, 6.07) is 8.42. The summed E-state index contributed by atoms with van der Waals surface area (Å²) in [4.78, 5) is 12.7. The molecule has 0 aromatic heterocycles. The van der Waals surface area contributed by atoms with E-state index in [9.17, 15) is 18.0 Å². The minimum atomic E-state index is -4.59. The van der Waals surface area contributed by atoms with Crippen molar-refractivity contribution < 1.29 is 22.7 Å². The number of unbranched alkanes of at least 4 members (excludes halogenated alkanes) is 2. The van der Waals surface area contributed by atoms with Crippen LogP contribution in [-0.2, 0) is 14.6 Å². The molecule has 2 unspecified atom stereocenters. The fraction of sp³-hybridized carbons (Fsp3) is 0.632. The summed E-state index contributed by atoms with van der Waals surface area (Å²) in [6.07, 6.45) is -1.16. The number of carbonyl (C=O) groups excluding carboxylic acids is 1. The van der Waals surface area contributed by atoms with Gasteiger partial charge in [0.2, 0.25) is 5.06 Å². The molecule has 7 heteroatoms. The van der Waals surface area contributed by atoms with Crippen LogP contribution in [-0.4, -0.2) is 35.4 Å². The Morgan fingerprint density at radius 2 is 1.92 bits per heavy atom. The van der Waals surface area contributed by atoms with Gasteiger partial charge in [0.15, 0.2) is 0 Å². The van der Waals surface area contributed by atoms with Crippen molar-refractivity contribution in [1.29, 1.82) is 0 Å². The first kappa shape index (κ1) is 21.3. The second-order valence-corrected chi connectivity index (χ2v) is 7.76. The second kappa shape index (κ2) is 9.24. The molecule has 1 aromatic carbocycles. The predicted octanol–water partition coefficient (Wildman–Crippen LogP) is 5.31. The molecule has 26 heavy (non-hydrogen) atoms. The second-order valence-electron chi connectivity index (χ2n) is 6.40. The largest absolute Gasteiger partial charge is 0.463 e. The zero-order valence-corrected chi connectivity index (χ0v) is 16.0. The SMILES string of the molecule is CCCCCOC1(c2ccccc2)SC(C(=O)CCC)CN1C(F)(F)F. The van der Waals surface area contributed by atoms with Crippen molar-refractivity contribution in [2.75, 3.05) is 13.2 Å². The predicted molar refractivity (Wildman–Crippen MR) is 97.7 cm³/mol. The topological polar surface area (TPSA) is 29.5 Å². The van der Waals surface area contributed by atoms with Crippen LogP contribution in [0.1, 0.15) is 51.5 Å². The Hall–Kier alpha value is -1.05. The number of benzene rings is 1. The smallest absolute Gasteiger partial charge is 0.347 e. The first-order valence-electron chi connectivity index (χ1n) is 9.09. The molecule has 146 valence electrons. The van der Waals surface area contributed by atoms with E-state index in [0.717, 1.165) is 24.6 Å². The number of Topliss-reactive ketones (excluding diaryl/α,β-unsaturated/α-hetero) is 1. The van der Waals surface area contributed by atoms with Crippen LogP contribution in [0, 0.1) is 0 Å². The Morgan fingerprint density at radius 3 is 2.50 bits per heavy atom. The van der Waals surface area contributed by atoms with Gasteiger partial charge >= 0.3 is 6.30 Å². The summed E-state index contributed by atoms with van der Waals surface area (Å²) in [5.74, 6) is -0.151. The van der Waals surface area contributed by atoms with Crippen LogP contribution in [0.15, 0.2) is 30.3 Å². The van der Waals surface area contributed by atoms with Crippen molar-refractivity contribution in [1.82, 2.24) is 4.90 Å². The van der Waals surface area contributed by atoms with Crippen LogP contribution in [0.2, 0.25) is 0 Å². The zero-order chi connectivity index (χ0) is 19.2. The van der Waals surface area contributed by atoms with E-state index in [1.807, 2.05) is 13.8 Å². The lowest BCUT2D eigenvalue weighted by Gasteiger charge is -2.38. The van der Waals surface area contributed by atoms with Crippen molar-refractivity contribution in [3.8, 4) is 0 Å². The molecular formula is C19H26F3NO2S. The molecule has 2 rings (SSSR count). The molecule has 0 bridgehead atoms. The quantitative estimate of drug-likeness (QED) is 0.423. The highest BCUT2D eigenvalue weighted by molar-refractivity contribution is 8.01. The van der Waals surface area contributed by atoms with Crippen molar-refractivity contribution in [2.24, 2.45) is 0 Å². The van der Waals surface area contributed by atoms with Gasteiger partial charge in [0.05, 0.1) is 11.9 Å². The average Bonchev–Trinajstić information content (AvgIpc) is 3.01. The van der Waals surface area contributed by atoms with E-state index in [1.165, 1.54) is 0 Å². The highest BCUT2D eigenvalue weighted by atomic mass is 32.2. The van der Waals surface area contributed by atoms with Crippen molar-refractivity contribution >= 4 is 17.5 Å². The Morgan fingerprint density at radius 1 is 1.23 bits per heavy atom. The van der Waals surface area contributed by atoms with E-state index in [2.05, 4.69) is 0 Å². The van der Waals surface area contributed by atoms with E-state index in [1.54, 1.807) is 30.3 Å². The van der Waals surface area contributed by atoms with Crippen LogP contribution >= 0.6 is 11.8 Å². The summed E-state index contributed by atoms with van der Waals surface area (Å²) in [6.45, 7) is 3.72. The Labute approximate surface area is 157 Å². The molecule has 2 atom stereocenters. The Bertz CT molecular complexity index is 582. The highest BCUT2D eigenvalue weighted by Crippen LogP contribution is 2.53. The zero-order valence-electron chi connectivity index (χ0n) is 15.2. The van der Waals surface area contributed by atoms with Gasteiger partial charge in [-0.1, -0.05) is 68.8 Å². The van der Waals surface area contributed by atoms with Gasteiger partial charge in [0.1, 0.15) is 5.78 Å². The van der Waals surface area contributed by atoms with Crippen LogP contribution in [0.25, 0.3) is 0 Å². The molecule has 0 saturated carbocycles. The first-order chi connectivity index (χ1) is 12.3. The summed E-state index contributed by atoms with van der Waals surface area (Å²) < 4.78 is 47.5. The van der Waals surface area contributed by atoms with E-state index >= 15 is 0 Å². The molecule has 0 spiro atoms. The standard InChI is InChI=1S/C19H26F3NO2S/c1-3-5-9-13-25-18(15-11-7-6-8-12-15)23(19(20,21)22)14-17(26-18)16(24)10-4-2/h6-8,11-12,17H,3-5,9-10,13-14H2,1-2H3. The number of ketones is 1. The fourth-order valence-corrected chi connectivity index (χ4v) is 4.64. The van der Waals surface area contributed by atoms with Crippen molar-refractivity contribution in [2.45, 2.75) is 62.6 Å². The van der Waals surface area contributed by atoms with Gasteiger partial charge in [-0.2, -0.15) is 18.1 Å². The van der Waals surface area contributed by atoms with Crippen LogP contribution < -0.4 is 0 Å². The lowest BCUT2D eigenvalue weighted by molar-refractivity contribution is -0.300. The number of alkyl halides is 3. The van der Waals surface area contributed by atoms with Crippen molar-refractivity contribution in [3.05, 3.63) is 35.9 Å². The number of hydrogen-bond donors (Lipinski definition) is 0. The maximum atomic E-state index is 13.9. The van der Waals surface area contributed by atoms with Crippen molar-refractivity contribution in [3.63, 3.8) is 0 Å². The third kappa shape index (κ3) is 4.81. The summed E-state index contributed by atoms with van der Waals surface area (Å²) >= 11 is 0.986. The Balaban J connectivity index is 2.38. The van der Waals surface area contributed by atoms with E-state index in [-0.39, 0.29) is 25.4 Å². The third-order valence-corrected chi connectivity index (χ3v) is 5.94. The maximum Gasteiger partial charge on any atom is 0.463 e. The summed E-state index contributed by atoms with van der Waals surface area (Å²) in [5, 5.41) is -2.45. The molecule has 0 N–H and O–H groups in total. The molecule has 1 aliphatic rings. The molecule has 1 fully saturated rings. The minimum absolute atomic E-state index is 0.151. The summed E-state index contributed by atoms with van der Waals surface area (Å²) in [5.41, 5.74) is 0.422. The van der Waals surface area contributed by atoms with Gasteiger partial charge in [-0.05, 0) is 12.8 Å². The number of carbonyl (C=O) groups is 1. The molecule has 1 saturated heterocycles. The van der Waals surface area contributed by atoms with Gasteiger partial charge in [-0.25, -0.2) is 0 Å². The highest BCUT2D eigenvalue weighted by Gasteiger charge is 2.60. The molecule has 0 amide bonds. The van der Waals surface area contributed by atoms with Crippen LogP contribution in [0.3, 0.4) is 0 Å². The molecule has 3 nitrogen and oxygen atoms in total. The monoisotopic (exact) mass is 389 g/mol. The molecule has 1 heterocycles. The minimum Gasteiger partial charge on any atom is -0.347 e. The molecule has 0 aliphatic carbocycles. The van der Waals surface area contributed by atoms with E-state index in [4.69, 9.17) is 4.74 Å². The molecule has 0 radical (unpaired) electrons. The van der Waals surface area contributed by atoms with Crippen LogP contribution in [0.4, 0.5) is 13.2 Å². The van der Waals surface area contributed by atoms with Gasteiger partial charge in [0, 0.05) is 18.5 Å². The van der Waals surface area contributed by atoms with E-state index in [0.29, 0.717) is 23.3 Å². The number of nitrogens with zero attached hydrogens (tertiary/aromatic N) is 1. The number of halogens is 3. The third-order valence-electron chi connectivity index (χ3n) is 4.35. The number of hydrogen-bond acceptors (Lipinski definition) is 4. The van der Waals surface area contributed by atoms with Gasteiger partial charge in [0.25, 0.3) is 0 Å². The fourth-order valence-electron chi connectivity index (χ4n) is 3.06. The molecule has 1 aliphatic heterocycles. The van der Waals surface area contributed by atoms with Gasteiger partial charge < -0.3 is 4.74 Å². The molecule has 1 aromatic rings. The Kier molecular flexibility index (Phi) is 7.55. The normalized spacial score (nSPS) is 24.1. The molecular weight excluding hydrogens is 363 g/mol. The lowest BCUT2D eigenvalue weighted by Crippen LogP contribution is -2.50. The summed E-state index contributed by atoms with van der Waals surface area (Å²) in [7, 11) is 0. The average molecular weight is 389 g/mol. The van der Waals surface area contributed by atoms with Crippen LogP contribution in [0.5, 0.6) is 0 Å². The maximum absolute atomic E-state index is 13.9. The van der Waals surface area contributed by atoms with Gasteiger partial charge in [-0.3, -0.25) is 4.79 Å². The van der Waals surface area contributed by atoms with Gasteiger partial charge in [-0.15, -0.1) is 0 Å². The number of ether oxygens (including phenoxy) is 1. The number of thioether (sulfide) groups is 1. The van der Waals surface area contributed by atoms with E-state index < -0.39 is 16.6 Å². The first-order valence-corrected chi connectivity index (χ1v) is 9.97. The lowest BCUT2D eigenvalue weighted by atomic mass is 10.1. The number of rotatable bonds is 9.